The molecule has 0 spiro atoms. The van der Waals surface area contributed by atoms with Crippen molar-refractivity contribution in [2.24, 2.45) is 0 Å². The molecule has 0 bridgehead atoms. The van der Waals surface area contributed by atoms with Crippen LogP contribution in [0, 0.1) is 0 Å². The van der Waals surface area contributed by atoms with Crippen LogP contribution in [0.25, 0.3) is 0 Å². The third-order valence-corrected chi connectivity index (χ3v) is 2.01. The summed E-state index contributed by atoms with van der Waals surface area (Å²) in [6.07, 6.45) is -2.88. The molecule has 0 amide bonds. The monoisotopic (exact) mass is 200 g/mol. The van der Waals surface area contributed by atoms with Gasteiger partial charge >= 0.3 is 12.3 Å². The maximum absolute atomic E-state index is 12.4. The van der Waals surface area contributed by atoms with Crippen molar-refractivity contribution in [3.63, 3.8) is 0 Å². The first kappa shape index (κ1) is 10.7. The molecule has 0 aliphatic carbocycles. The zero-order valence-electron chi connectivity index (χ0n) is 6.99. The number of rotatable bonds is 4. The topological polar surface area (TPSA) is 24.1 Å². The minimum Gasteiger partial charge on any atom is -0.315 e. The maximum atomic E-state index is 12.4. The van der Waals surface area contributed by atoms with Crippen molar-refractivity contribution in [1.82, 2.24) is 10.6 Å². The summed E-state index contributed by atoms with van der Waals surface area (Å²) in [5.74, 6) is -3.91. The molecule has 1 unspecified atom stereocenters. The van der Waals surface area contributed by atoms with Gasteiger partial charge in [0.1, 0.15) is 0 Å². The molecule has 1 fully saturated rings. The summed E-state index contributed by atoms with van der Waals surface area (Å²) in [6, 6.07) is -0.107. The molecule has 1 atom stereocenters. The zero-order valence-corrected chi connectivity index (χ0v) is 6.99. The highest BCUT2D eigenvalue weighted by Crippen LogP contribution is 2.21. The highest BCUT2D eigenvalue weighted by molar-refractivity contribution is 4.81. The molecule has 0 aromatic carbocycles. The van der Waals surface area contributed by atoms with Gasteiger partial charge in [-0.3, -0.25) is 0 Å². The van der Waals surface area contributed by atoms with Crippen LogP contribution in [-0.2, 0) is 0 Å². The molecule has 0 radical (unpaired) electrons. The first-order valence-electron chi connectivity index (χ1n) is 4.12. The van der Waals surface area contributed by atoms with Crippen molar-refractivity contribution in [2.75, 3.05) is 19.6 Å². The van der Waals surface area contributed by atoms with E-state index in [4.69, 9.17) is 0 Å². The second-order valence-corrected chi connectivity index (χ2v) is 3.13. The van der Waals surface area contributed by atoms with Crippen LogP contribution in [0.4, 0.5) is 17.6 Å². The number of hydrogen-bond donors (Lipinski definition) is 2. The van der Waals surface area contributed by atoms with Gasteiger partial charge in [0.25, 0.3) is 0 Å². The summed E-state index contributed by atoms with van der Waals surface area (Å²) < 4.78 is 48.1. The minimum atomic E-state index is -3.91. The van der Waals surface area contributed by atoms with Crippen LogP contribution < -0.4 is 10.6 Å². The molecule has 0 aromatic heterocycles. The van der Waals surface area contributed by atoms with Gasteiger partial charge in [0, 0.05) is 12.6 Å². The molecular weight excluding hydrogens is 188 g/mol. The molecule has 6 heteroatoms. The van der Waals surface area contributed by atoms with Gasteiger partial charge < -0.3 is 10.6 Å². The van der Waals surface area contributed by atoms with E-state index >= 15 is 0 Å². The molecule has 1 aliphatic heterocycles. The van der Waals surface area contributed by atoms with E-state index in [1.54, 1.807) is 0 Å². The van der Waals surface area contributed by atoms with Crippen LogP contribution in [0.5, 0.6) is 0 Å². The third-order valence-electron chi connectivity index (χ3n) is 2.01. The van der Waals surface area contributed by atoms with Gasteiger partial charge in [-0.15, -0.1) is 0 Å². The molecule has 78 valence electrons. The lowest BCUT2D eigenvalue weighted by Gasteiger charge is -2.18. The predicted molar refractivity (Wildman–Crippen MR) is 40.2 cm³/mol. The van der Waals surface area contributed by atoms with Crippen LogP contribution in [-0.4, -0.2) is 38.0 Å². The Morgan fingerprint density at radius 3 is 2.62 bits per heavy atom. The Morgan fingerprint density at radius 2 is 2.15 bits per heavy atom. The zero-order chi connectivity index (χ0) is 9.90. The summed E-state index contributed by atoms with van der Waals surface area (Å²) in [4.78, 5) is 0. The molecule has 1 heterocycles. The Balaban J connectivity index is 2.24. The second-order valence-electron chi connectivity index (χ2n) is 3.13. The van der Waals surface area contributed by atoms with E-state index in [9.17, 15) is 17.6 Å². The van der Waals surface area contributed by atoms with Gasteiger partial charge in [-0.1, -0.05) is 0 Å². The van der Waals surface area contributed by atoms with Gasteiger partial charge in [-0.2, -0.15) is 8.78 Å². The fraction of sp³-hybridized carbons (Fsp3) is 1.00. The lowest BCUT2D eigenvalue weighted by atomic mass is 10.2. The number of alkyl halides is 4. The van der Waals surface area contributed by atoms with Gasteiger partial charge in [-0.05, 0) is 13.0 Å². The fourth-order valence-corrected chi connectivity index (χ4v) is 1.19. The normalized spacial score (nSPS) is 24.2. The van der Waals surface area contributed by atoms with E-state index in [1.807, 2.05) is 0 Å². The Morgan fingerprint density at radius 1 is 1.46 bits per heavy atom. The van der Waals surface area contributed by atoms with E-state index in [2.05, 4.69) is 10.6 Å². The quantitative estimate of drug-likeness (QED) is 0.657. The highest BCUT2D eigenvalue weighted by Gasteiger charge is 2.40. The van der Waals surface area contributed by atoms with E-state index in [0.717, 1.165) is 6.54 Å². The SMILES string of the molecule is FC(F)C(F)(F)CNC1CCNC1. The highest BCUT2D eigenvalue weighted by atomic mass is 19.3. The van der Waals surface area contributed by atoms with Crippen LogP contribution in [0.1, 0.15) is 6.42 Å². The summed E-state index contributed by atoms with van der Waals surface area (Å²) >= 11 is 0. The Hall–Kier alpha value is -0.360. The molecular formula is C7H12F4N2. The van der Waals surface area contributed by atoms with Gasteiger partial charge in [0.15, 0.2) is 0 Å². The number of halogens is 4. The second kappa shape index (κ2) is 4.23. The third kappa shape index (κ3) is 3.11. The molecule has 1 rings (SSSR count). The molecule has 0 saturated carbocycles. The van der Waals surface area contributed by atoms with E-state index in [1.165, 1.54) is 0 Å². The smallest absolute Gasteiger partial charge is 0.315 e. The van der Waals surface area contributed by atoms with Crippen LogP contribution in [0.2, 0.25) is 0 Å². The van der Waals surface area contributed by atoms with E-state index in [-0.39, 0.29) is 6.04 Å². The predicted octanol–water partition coefficient (Wildman–Crippen LogP) is 0.838. The lowest BCUT2D eigenvalue weighted by Crippen LogP contribution is -2.43. The summed E-state index contributed by atoms with van der Waals surface area (Å²) in [5, 5.41) is 5.35. The van der Waals surface area contributed by atoms with Crippen molar-refractivity contribution < 1.29 is 17.6 Å². The number of hydrogen-bond acceptors (Lipinski definition) is 2. The van der Waals surface area contributed by atoms with E-state index in [0.29, 0.717) is 13.0 Å². The molecule has 1 saturated heterocycles. The molecule has 1 aliphatic rings. The van der Waals surface area contributed by atoms with Crippen LogP contribution >= 0.6 is 0 Å². The first-order chi connectivity index (χ1) is 6.02. The lowest BCUT2D eigenvalue weighted by molar-refractivity contribution is -0.126. The summed E-state index contributed by atoms with van der Waals surface area (Å²) in [5.41, 5.74) is 0. The van der Waals surface area contributed by atoms with Crippen molar-refractivity contribution in [3.05, 3.63) is 0 Å². The largest absolute Gasteiger partial charge is 0.319 e. The van der Waals surface area contributed by atoms with E-state index < -0.39 is 18.9 Å². The maximum Gasteiger partial charge on any atom is 0.319 e. The fourth-order valence-electron chi connectivity index (χ4n) is 1.19. The Labute approximate surface area is 73.7 Å². The van der Waals surface area contributed by atoms with Crippen LogP contribution in [0.15, 0.2) is 0 Å². The average molecular weight is 200 g/mol. The molecule has 0 aromatic rings. The number of nitrogens with one attached hydrogen (secondary N) is 2. The summed E-state index contributed by atoms with van der Waals surface area (Å²) in [7, 11) is 0. The van der Waals surface area contributed by atoms with Gasteiger partial charge in [-0.25, -0.2) is 8.78 Å². The minimum absolute atomic E-state index is 0.107. The molecule has 13 heavy (non-hydrogen) atoms. The summed E-state index contributed by atoms with van der Waals surface area (Å²) in [6.45, 7) is 0.369. The van der Waals surface area contributed by atoms with Crippen molar-refractivity contribution in [2.45, 2.75) is 24.8 Å². The Bertz CT molecular complexity index is 157. The standard InChI is InChI=1S/C7H12F4N2/c8-6(9)7(10,11)4-13-5-1-2-12-3-5/h5-6,12-13H,1-4H2. The van der Waals surface area contributed by atoms with Gasteiger partial charge in [0.2, 0.25) is 0 Å². The van der Waals surface area contributed by atoms with Gasteiger partial charge in [0.05, 0.1) is 6.54 Å². The Kier molecular flexibility index (Phi) is 3.49. The van der Waals surface area contributed by atoms with Crippen molar-refractivity contribution in [1.29, 1.82) is 0 Å². The van der Waals surface area contributed by atoms with Crippen LogP contribution in [0.3, 0.4) is 0 Å². The molecule has 2 nitrogen and oxygen atoms in total. The first-order valence-corrected chi connectivity index (χ1v) is 4.12. The van der Waals surface area contributed by atoms with Crippen molar-refractivity contribution in [3.8, 4) is 0 Å². The average Bonchev–Trinajstić information content (AvgIpc) is 2.52. The van der Waals surface area contributed by atoms with Crippen molar-refractivity contribution >= 4 is 0 Å². The molecule has 2 N–H and O–H groups in total.